The van der Waals surface area contributed by atoms with Gasteiger partial charge in [-0.15, -0.1) is 0 Å². The van der Waals surface area contributed by atoms with Crippen LogP contribution in [0.25, 0.3) is 111 Å². The summed E-state index contributed by atoms with van der Waals surface area (Å²) in [6.45, 7) is 0. The normalized spacial score (nSPS) is 11.5. The van der Waals surface area contributed by atoms with Crippen LogP contribution in [0.5, 0.6) is 0 Å². The van der Waals surface area contributed by atoms with Crippen molar-refractivity contribution in [3.8, 4) is 67.5 Å². The first-order valence-electron chi connectivity index (χ1n) is 19.2. The van der Waals surface area contributed by atoms with E-state index in [9.17, 15) is 0 Å². The van der Waals surface area contributed by atoms with E-state index in [1.807, 2.05) is 36.4 Å². The summed E-state index contributed by atoms with van der Waals surface area (Å²) in [7, 11) is 0. The third kappa shape index (κ3) is 5.83. The van der Waals surface area contributed by atoms with E-state index in [4.69, 9.17) is 19.4 Å². The fraction of sp³-hybridized carbons (Fsp3) is 0. The molecule has 0 bridgehead atoms. The lowest BCUT2D eigenvalue weighted by atomic mass is 9.92. The molecule has 11 rings (SSSR count). The second-order valence-electron chi connectivity index (χ2n) is 14.4. The van der Waals surface area contributed by atoms with Crippen LogP contribution in [0, 0.1) is 0 Å². The van der Waals surface area contributed by atoms with Crippen molar-refractivity contribution in [2.75, 3.05) is 0 Å². The van der Waals surface area contributed by atoms with Gasteiger partial charge >= 0.3 is 0 Å². The number of hydrogen-bond donors (Lipinski definition) is 0. The maximum atomic E-state index is 6.49. The summed E-state index contributed by atoms with van der Waals surface area (Å²) in [5, 5.41) is 6.70. The molecule has 0 saturated heterocycles. The van der Waals surface area contributed by atoms with Crippen molar-refractivity contribution in [2.24, 2.45) is 0 Å². The van der Waals surface area contributed by atoms with Gasteiger partial charge in [-0.05, 0) is 85.3 Å². The van der Waals surface area contributed by atoms with E-state index in [2.05, 4.69) is 164 Å². The SMILES string of the molecule is c1ccc(-c2ccc(-c3nc(-c4ccc(-c5ccc6ccc(-c7ccccc7)cc6c5)c5ccccc45)nc(-c4cccc5c4oc4ccccc45)n3)cc2)cc1. The molecule has 57 heavy (non-hydrogen) atoms. The molecule has 0 amide bonds. The van der Waals surface area contributed by atoms with Crippen LogP contribution in [-0.2, 0) is 0 Å². The molecule has 0 unspecified atom stereocenters. The number of benzene rings is 9. The maximum absolute atomic E-state index is 6.49. The number of nitrogens with zero attached hydrogens (tertiary/aromatic N) is 3. The monoisotopic (exact) mass is 727 g/mol. The van der Waals surface area contributed by atoms with Gasteiger partial charge in [-0.1, -0.05) is 170 Å². The summed E-state index contributed by atoms with van der Waals surface area (Å²) in [5.74, 6) is 1.76. The topological polar surface area (TPSA) is 51.8 Å². The van der Waals surface area contributed by atoms with Crippen LogP contribution in [0.4, 0.5) is 0 Å². The average molecular weight is 728 g/mol. The first-order valence-corrected chi connectivity index (χ1v) is 19.2. The number of fused-ring (bicyclic) bond motifs is 5. The molecule has 0 aliphatic rings. The van der Waals surface area contributed by atoms with E-state index in [-0.39, 0.29) is 0 Å². The standard InChI is InChI=1S/C53H33N3O/c1-3-12-34(13-4-1)36-22-26-38(27-23-36)51-54-52(56-53(55-51)48-20-11-19-46-45-18-9-10-21-49(45)57-50(46)48)47-31-30-42(43-16-7-8-17-44(43)47)40-29-25-37-24-28-39(32-41(37)33-40)35-14-5-2-6-15-35/h1-33H. The summed E-state index contributed by atoms with van der Waals surface area (Å²) < 4.78 is 6.49. The van der Waals surface area contributed by atoms with Crippen LogP contribution >= 0.6 is 0 Å². The molecule has 0 saturated carbocycles. The van der Waals surface area contributed by atoms with Crippen molar-refractivity contribution in [1.29, 1.82) is 0 Å². The van der Waals surface area contributed by atoms with Crippen LogP contribution in [0.15, 0.2) is 205 Å². The lowest BCUT2D eigenvalue weighted by Gasteiger charge is -2.14. The Morgan fingerprint density at radius 3 is 1.54 bits per heavy atom. The minimum atomic E-state index is 0.559. The summed E-state index contributed by atoms with van der Waals surface area (Å²) in [6, 6.07) is 70.0. The van der Waals surface area contributed by atoms with Crippen LogP contribution in [0.3, 0.4) is 0 Å². The van der Waals surface area contributed by atoms with Crippen LogP contribution in [0.1, 0.15) is 0 Å². The fourth-order valence-electron chi connectivity index (χ4n) is 8.08. The average Bonchev–Trinajstić information content (AvgIpc) is 3.68. The second kappa shape index (κ2) is 13.6. The Bertz CT molecular complexity index is 3280. The molecule has 0 spiro atoms. The first kappa shape index (κ1) is 32.7. The molecule has 11 aromatic rings. The van der Waals surface area contributed by atoms with Gasteiger partial charge in [0.25, 0.3) is 0 Å². The highest BCUT2D eigenvalue weighted by atomic mass is 16.3. The van der Waals surface area contributed by atoms with E-state index in [0.717, 1.165) is 71.7 Å². The molecular formula is C53H33N3O. The highest BCUT2D eigenvalue weighted by Gasteiger charge is 2.19. The molecule has 0 atom stereocenters. The van der Waals surface area contributed by atoms with Gasteiger partial charge in [-0.3, -0.25) is 0 Å². The molecule has 266 valence electrons. The molecule has 0 fully saturated rings. The van der Waals surface area contributed by atoms with Gasteiger partial charge in [-0.2, -0.15) is 0 Å². The van der Waals surface area contributed by atoms with Gasteiger partial charge in [0.15, 0.2) is 17.5 Å². The van der Waals surface area contributed by atoms with E-state index < -0.39 is 0 Å². The zero-order valence-corrected chi connectivity index (χ0v) is 30.8. The molecule has 0 N–H and O–H groups in total. The Hall–Kier alpha value is -7.69. The van der Waals surface area contributed by atoms with Crippen molar-refractivity contribution < 1.29 is 4.42 Å². The Kier molecular flexibility index (Phi) is 7.78. The Labute approximate surface area is 329 Å². The van der Waals surface area contributed by atoms with Crippen LogP contribution < -0.4 is 0 Å². The zero-order chi connectivity index (χ0) is 37.7. The summed E-state index contributed by atoms with van der Waals surface area (Å²) >= 11 is 0. The third-order valence-corrected chi connectivity index (χ3v) is 11.0. The summed E-state index contributed by atoms with van der Waals surface area (Å²) in [4.78, 5) is 15.6. The molecule has 4 heteroatoms. The van der Waals surface area contributed by atoms with Crippen molar-refractivity contribution in [3.63, 3.8) is 0 Å². The zero-order valence-electron chi connectivity index (χ0n) is 30.8. The summed E-state index contributed by atoms with van der Waals surface area (Å²) in [5.41, 5.74) is 11.3. The third-order valence-electron chi connectivity index (χ3n) is 11.0. The maximum Gasteiger partial charge on any atom is 0.167 e. The number of hydrogen-bond acceptors (Lipinski definition) is 4. The van der Waals surface area contributed by atoms with Crippen molar-refractivity contribution >= 4 is 43.5 Å². The van der Waals surface area contributed by atoms with Gasteiger partial charge in [0.2, 0.25) is 0 Å². The molecule has 2 aromatic heterocycles. The molecule has 0 radical (unpaired) electrons. The highest BCUT2D eigenvalue weighted by molar-refractivity contribution is 6.09. The predicted octanol–water partition coefficient (Wildman–Crippen LogP) is 14.1. The van der Waals surface area contributed by atoms with Crippen molar-refractivity contribution in [2.45, 2.75) is 0 Å². The second-order valence-corrected chi connectivity index (χ2v) is 14.4. The van der Waals surface area contributed by atoms with Crippen molar-refractivity contribution in [1.82, 2.24) is 15.0 Å². The van der Waals surface area contributed by atoms with Crippen LogP contribution in [-0.4, -0.2) is 15.0 Å². The minimum Gasteiger partial charge on any atom is -0.455 e. The van der Waals surface area contributed by atoms with Gasteiger partial charge in [-0.25, -0.2) is 15.0 Å². The van der Waals surface area contributed by atoms with Crippen LogP contribution in [0.2, 0.25) is 0 Å². The van der Waals surface area contributed by atoms with E-state index in [1.54, 1.807) is 0 Å². The molecule has 9 aromatic carbocycles. The van der Waals surface area contributed by atoms with Gasteiger partial charge < -0.3 is 4.42 Å². The number of para-hydroxylation sites is 2. The lowest BCUT2D eigenvalue weighted by Crippen LogP contribution is -2.01. The molecule has 0 aliphatic heterocycles. The lowest BCUT2D eigenvalue weighted by molar-refractivity contribution is 0.669. The molecule has 0 aliphatic carbocycles. The highest BCUT2D eigenvalue weighted by Crippen LogP contribution is 2.39. The molecule has 4 nitrogen and oxygen atoms in total. The number of rotatable bonds is 6. The Morgan fingerprint density at radius 1 is 0.281 bits per heavy atom. The Balaban J connectivity index is 1.08. The quantitative estimate of drug-likeness (QED) is 0.171. The van der Waals surface area contributed by atoms with Gasteiger partial charge in [0.1, 0.15) is 11.2 Å². The van der Waals surface area contributed by atoms with Gasteiger partial charge in [0.05, 0.1) is 5.56 Å². The van der Waals surface area contributed by atoms with E-state index in [1.165, 1.54) is 21.9 Å². The van der Waals surface area contributed by atoms with Crippen molar-refractivity contribution in [3.05, 3.63) is 200 Å². The summed E-state index contributed by atoms with van der Waals surface area (Å²) in [6.07, 6.45) is 0. The Morgan fingerprint density at radius 2 is 0.789 bits per heavy atom. The largest absolute Gasteiger partial charge is 0.455 e. The predicted molar refractivity (Wildman–Crippen MR) is 235 cm³/mol. The molecule has 2 heterocycles. The van der Waals surface area contributed by atoms with E-state index in [0.29, 0.717) is 17.5 Å². The fourth-order valence-corrected chi connectivity index (χ4v) is 8.08. The molecular weight excluding hydrogens is 695 g/mol. The first-order chi connectivity index (χ1) is 28.2. The van der Waals surface area contributed by atoms with Gasteiger partial charge in [0, 0.05) is 21.9 Å². The van der Waals surface area contributed by atoms with E-state index >= 15 is 0 Å². The minimum absolute atomic E-state index is 0.559. The number of aromatic nitrogens is 3. The smallest absolute Gasteiger partial charge is 0.167 e. The number of furan rings is 1.